The molecule has 1 aromatic carbocycles. The van der Waals surface area contributed by atoms with Crippen LogP contribution in [-0.2, 0) is 11.2 Å². The van der Waals surface area contributed by atoms with Crippen molar-refractivity contribution in [2.45, 2.75) is 13.3 Å². The summed E-state index contributed by atoms with van der Waals surface area (Å²) in [5.74, 6) is 0.827. The second-order valence-corrected chi connectivity index (χ2v) is 5.07. The number of nitrogens with zero attached hydrogens (tertiary/aromatic N) is 1. The van der Waals surface area contributed by atoms with Gasteiger partial charge in [0.2, 0.25) is 5.91 Å². The standard InChI is InChI=1S/C16H20N4O4/c1-11-10-24-20-15(11)19-16(22)18-9-14(21)17-8-7-12-5-3-4-6-13(12)23-2/h3-6,10H,7-9H2,1-2H3,(H,17,21)(H2,18,19,20,22). The van der Waals surface area contributed by atoms with Gasteiger partial charge < -0.3 is 19.9 Å². The summed E-state index contributed by atoms with van der Waals surface area (Å²) in [5.41, 5.74) is 1.71. The van der Waals surface area contributed by atoms with Gasteiger partial charge in [-0.25, -0.2) is 4.79 Å². The van der Waals surface area contributed by atoms with E-state index >= 15 is 0 Å². The fourth-order valence-corrected chi connectivity index (χ4v) is 2.03. The quantitative estimate of drug-likeness (QED) is 0.712. The van der Waals surface area contributed by atoms with Crippen LogP contribution in [0.2, 0.25) is 0 Å². The Hall–Kier alpha value is -3.03. The number of para-hydroxylation sites is 1. The fourth-order valence-electron chi connectivity index (χ4n) is 2.03. The zero-order valence-corrected chi connectivity index (χ0v) is 13.6. The Morgan fingerprint density at radius 1 is 1.25 bits per heavy atom. The van der Waals surface area contributed by atoms with Crippen LogP contribution in [-0.4, -0.2) is 37.3 Å². The minimum absolute atomic E-state index is 0.130. The van der Waals surface area contributed by atoms with E-state index < -0.39 is 6.03 Å². The summed E-state index contributed by atoms with van der Waals surface area (Å²) < 4.78 is 9.95. The van der Waals surface area contributed by atoms with Crippen LogP contribution in [0.1, 0.15) is 11.1 Å². The molecule has 0 aliphatic heterocycles. The first-order valence-electron chi connectivity index (χ1n) is 7.44. The van der Waals surface area contributed by atoms with Crippen molar-refractivity contribution in [1.82, 2.24) is 15.8 Å². The third-order valence-electron chi connectivity index (χ3n) is 3.30. The molecule has 8 nitrogen and oxygen atoms in total. The molecule has 0 saturated heterocycles. The number of carbonyl (C=O) groups excluding carboxylic acids is 2. The van der Waals surface area contributed by atoms with Crippen LogP contribution in [0.25, 0.3) is 0 Å². The first kappa shape index (κ1) is 17.3. The number of carbonyl (C=O) groups is 2. The van der Waals surface area contributed by atoms with Gasteiger partial charge in [-0.05, 0) is 25.0 Å². The van der Waals surface area contributed by atoms with Gasteiger partial charge in [0, 0.05) is 12.1 Å². The number of aryl methyl sites for hydroxylation is 1. The molecular weight excluding hydrogens is 312 g/mol. The summed E-state index contributed by atoms with van der Waals surface area (Å²) in [4.78, 5) is 23.4. The summed E-state index contributed by atoms with van der Waals surface area (Å²) in [7, 11) is 1.61. The third kappa shape index (κ3) is 5.01. The summed E-state index contributed by atoms with van der Waals surface area (Å²) in [6.07, 6.45) is 2.06. The highest BCUT2D eigenvalue weighted by Gasteiger charge is 2.09. The maximum atomic E-state index is 11.7. The molecule has 0 fully saturated rings. The number of rotatable bonds is 7. The number of anilines is 1. The van der Waals surface area contributed by atoms with Crippen LogP contribution >= 0.6 is 0 Å². The molecule has 128 valence electrons. The number of ether oxygens (including phenoxy) is 1. The summed E-state index contributed by atoms with van der Waals surface area (Å²) in [6, 6.07) is 7.09. The van der Waals surface area contributed by atoms with Gasteiger partial charge in [0.1, 0.15) is 12.0 Å². The van der Waals surface area contributed by atoms with E-state index in [2.05, 4.69) is 21.1 Å². The van der Waals surface area contributed by atoms with E-state index in [1.165, 1.54) is 6.26 Å². The van der Waals surface area contributed by atoms with Crippen molar-refractivity contribution in [1.29, 1.82) is 0 Å². The van der Waals surface area contributed by atoms with Crippen LogP contribution in [0.5, 0.6) is 5.75 Å². The van der Waals surface area contributed by atoms with E-state index in [9.17, 15) is 9.59 Å². The van der Waals surface area contributed by atoms with Gasteiger partial charge in [-0.2, -0.15) is 0 Å². The zero-order valence-electron chi connectivity index (χ0n) is 13.6. The highest BCUT2D eigenvalue weighted by atomic mass is 16.5. The Kier molecular flexibility index (Phi) is 6.18. The summed E-state index contributed by atoms with van der Waals surface area (Å²) in [5, 5.41) is 11.3. The van der Waals surface area contributed by atoms with Gasteiger partial charge in [0.25, 0.3) is 0 Å². The SMILES string of the molecule is COc1ccccc1CCNC(=O)CNC(=O)Nc1nocc1C. The van der Waals surface area contributed by atoms with Crippen molar-refractivity contribution < 1.29 is 18.8 Å². The van der Waals surface area contributed by atoms with Crippen molar-refractivity contribution in [2.75, 3.05) is 25.5 Å². The molecule has 0 aliphatic carbocycles. The maximum Gasteiger partial charge on any atom is 0.320 e. The fraction of sp³-hybridized carbons (Fsp3) is 0.312. The van der Waals surface area contributed by atoms with Gasteiger partial charge in [-0.3, -0.25) is 10.1 Å². The van der Waals surface area contributed by atoms with E-state index in [0.29, 0.717) is 24.3 Å². The van der Waals surface area contributed by atoms with Crippen molar-refractivity contribution in [3.8, 4) is 5.75 Å². The van der Waals surface area contributed by atoms with Gasteiger partial charge in [0.15, 0.2) is 5.82 Å². The molecule has 0 radical (unpaired) electrons. The van der Waals surface area contributed by atoms with Gasteiger partial charge in [-0.15, -0.1) is 0 Å². The van der Waals surface area contributed by atoms with Crippen LogP contribution < -0.4 is 20.7 Å². The molecule has 3 amide bonds. The molecule has 1 aromatic heterocycles. The summed E-state index contributed by atoms with van der Waals surface area (Å²) >= 11 is 0. The number of nitrogens with one attached hydrogen (secondary N) is 3. The molecule has 2 rings (SSSR count). The van der Waals surface area contributed by atoms with E-state index in [1.807, 2.05) is 24.3 Å². The van der Waals surface area contributed by atoms with Crippen LogP contribution in [0.4, 0.5) is 10.6 Å². The second kappa shape index (κ2) is 8.56. The van der Waals surface area contributed by atoms with Crippen LogP contribution in [0.15, 0.2) is 35.1 Å². The van der Waals surface area contributed by atoms with Gasteiger partial charge in [-0.1, -0.05) is 23.4 Å². The molecule has 3 N–H and O–H groups in total. The molecule has 0 spiro atoms. The van der Waals surface area contributed by atoms with E-state index in [4.69, 9.17) is 9.26 Å². The number of urea groups is 1. The lowest BCUT2D eigenvalue weighted by molar-refractivity contribution is -0.120. The summed E-state index contributed by atoms with van der Waals surface area (Å²) in [6.45, 7) is 2.07. The Bertz CT molecular complexity index is 699. The smallest absolute Gasteiger partial charge is 0.320 e. The van der Waals surface area contributed by atoms with Crippen LogP contribution in [0, 0.1) is 6.92 Å². The Balaban J connectivity index is 1.68. The number of aromatic nitrogens is 1. The number of amides is 3. The van der Waals surface area contributed by atoms with Crippen molar-refractivity contribution >= 4 is 17.8 Å². The first-order valence-corrected chi connectivity index (χ1v) is 7.44. The van der Waals surface area contributed by atoms with Crippen molar-refractivity contribution in [2.24, 2.45) is 0 Å². The second-order valence-electron chi connectivity index (χ2n) is 5.07. The molecule has 2 aromatic rings. The minimum atomic E-state index is -0.521. The third-order valence-corrected chi connectivity index (χ3v) is 3.30. The lowest BCUT2D eigenvalue weighted by Crippen LogP contribution is -2.39. The monoisotopic (exact) mass is 332 g/mol. The molecule has 0 saturated carbocycles. The lowest BCUT2D eigenvalue weighted by Gasteiger charge is -2.09. The molecule has 0 aliphatic rings. The molecule has 1 heterocycles. The lowest BCUT2D eigenvalue weighted by atomic mass is 10.1. The Morgan fingerprint density at radius 2 is 2.04 bits per heavy atom. The Labute approximate surface area is 139 Å². The Morgan fingerprint density at radius 3 is 2.75 bits per heavy atom. The largest absolute Gasteiger partial charge is 0.496 e. The minimum Gasteiger partial charge on any atom is -0.496 e. The number of methoxy groups -OCH3 is 1. The molecule has 8 heteroatoms. The normalized spacial score (nSPS) is 10.1. The van der Waals surface area contributed by atoms with E-state index in [-0.39, 0.29) is 12.5 Å². The highest BCUT2D eigenvalue weighted by Crippen LogP contribution is 2.17. The molecular formula is C16H20N4O4. The first-order chi connectivity index (χ1) is 11.6. The van der Waals surface area contributed by atoms with Gasteiger partial charge in [0.05, 0.1) is 13.7 Å². The highest BCUT2D eigenvalue weighted by molar-refractivity contribution is 5.91. The van der Waals surface area contributed by atoms with Crippen molar-refractivity contribution in [3.63, 3.8) is 0 Å². The average Bonchev–Trinajstić information content (AvgIpc) is 2.98. The van der Waals surface area contributed by atoms with Gasteiger partial charge >= 0.3 is 6.03 Å². The predicted molar refractivity (Wildman–Crippen MR) is 88.0 cm³/mol. The average molecular weight is 332 g/mol. The molecule has 0 atom stereocenters. The molecule has 24 heavy (non-hydrogen) atoms. The predicted octanol–water partition coefficient (Wildman–Crippen LogP) is 1.47. The topological polar surface area (TPSA) is 105 Å². The number of hydrogen-bond donors (Lipinski definition) is 3. The molecule has 0 unspecified atom stereocenters. The van der Waals surface area contributed by atoms with Crippen molar-refractivity contribution in [3.05, 3.63) is 41.7 Å². The zero-order chi connectivity index (χ0) is 17.4. The number of hydrogen-bond acceptors (Lipinski definition) is 5. The maximum absolute atomic E-state index is 11.7. The van der Waals surface area contributed by atoms with E-state index in [0.717, 1.165) is 11.3 Å². The number of benzene rings is 1. The molecule has 0 bridgehead atoms. The van der Waals surface area contributed by atoms with Crippen LogP contribution in [0.3, 0.4) is 0 Å². The van der Waals surface area contributed by atoms with E-state index in [1.54, 1.807) is 14.0 Å².